The van der Waals surface area contributed by atoms with Gasteiger partial charge in [-0.3, -0.25) is 0 Å². The zero-order valence-electron chi connectivity index (χ0n) is 11.5. The van der Waals surface area contributed by atoms with Gasteiger partial charge in [0, 0.05) is 13.1 Å². The molecule has 92 valence electrons. The first kappa shape index (κ1) is 13.4. The van der Waals surface area contributed by atoms with Crippen molar-refractivity contribution >= 4 is 0 Å². The molecule has 0 aromatic rings. The molecular weight excluding hydrogens is 194 g/mol. The van der Waals surface area contributed by atoms with E-state index in [1.165, 1.54) is 37.8 Å². The van der Waals surface area contributed by atoms with Crippen LogP contribution in [0, 0.1) is 5.41 Å². The van der Waals surface area contributed by atoms with Crippen LogP contribution in [0.1, 0.15) is 59.3 Å². The summed E-state index contributed by atoms with van der Waals surface area (Å²) in [6.07, 6.45) is 7.93. The van der Waals surface area contributed by atoms with Gasteiger partial charge in [0.1, 0.15) is 0 Å². The van der Waals surface area contributed by atoms with Crippen LogP contribution in [0.5, 0.6) is 0 Å². The third-order valence-corrected chi connectivity index (χ3v) is 3.45. The smallest absolute Gasteiger partial charge is 0.0563 e. The van der Waals surface area contributed by atoms with Crippen molar-refractivity contribution in [3.8, 4) is 0 Å². The van der Waals surface area contributed by atoms with Crippen molar-refractivity contribution in [2.45, 2.75) is 65.3 Å². The Kier molecular flexibility index (Phi) is 4.68. The maximum absolute atomic E-state index is 3.86. The van der Waals surface area contributed by atoms with Crippen molar-refractivity contribution in [2.75, 3.05) is 7.05 Å². The van der Waals surface area contributed by atoms with Gasteiger partial charge in [0.05, 0.1) is 5.70 Å². The summed E-state index contributed by atoms with van der Waals surface area (Å²) < 4.78 is 0. The largest absolute Gasteiger partial charge is 0.369 e. The molecule has 1 fully saturated rings. The topological polar surface area (TPSA) is 3.24 Å². The van der Waals surface area contributed by atoms with Crippen LogP contribution in [0.2, 0.25) is 0 Å². The van der Waals surface area contributed by atoms with Crippen LogP contribution in [0.4, 0.5) is 0 Å². The van der Waals surface area contributed by atoms with E-state index in [0.717, 1.165) is 12.5 Å². The second kappa shape index (κ2) is 5.59. The second-order valence-corrected chi connectivity index (χ2v) is 6.26. The van der Waals surface area contributed by atoms with Crippen LogP contribution in [0.3, 0.4) is 0 Å². The minimum Gasteiger partial charge on any atom is -0.369 e. The molecule has 0 aliphatic heterocycles. The number of allylic oxidation sites excluding steroid dienone is 1. The molecule has 0 unspecified atom stereocenters. The minimum absolute atomic E-state index is 0.322. The number of nitrogens with zero attached hydrogens (tertiary/aromatic N) is 1. The Morgan fingerprint density at radius 1 is 1.25 bits per heavy atom. The summed E-state index contributed by atoms with van der Waals surface area (Å²) in [5.74, 6) is 0. The lowest BCUT2D eigenvalue weighted by molar-refractivity contribution is 0.215. The van der Waals surface area contributed by atoms with Gasteiger partial charge in [-0.1, -0.05) is 46.6 Å². The van der Waals surface area contributed by atoms with Crippen LogP contribution in [0.25, 0.3) is 0 Å². The van der Waals surface area contributed by atoms with Gasteiger partial charge < -0.3 is 4.90 Å². The highest BCUT2D eigenvalue weighted by Gasteiger charge is 2.22. The van der Waals surface area contributed by atoms with E-state index in [2.05, 4.69) is 45.0 Å². The molecule has 1 aliphatic rings. The lowest BCUT2D eigenvalue weighted by atomic mass is 9.88. The van der Waals surface area contributed by atoms with Gasteiger partial charge >= 0.3 is 0 Å². The van der Waals surface area contributed by atoms with Crippen LogP contribution in [-0.2, 0) is 0 Å². The second-order valence-electron chi connectivity index (χ2n) is 6.26. The first-order chi connectivity index (χ1) is 7.44. The van der Waals surface area contributed by atoms with Crippen LogP contribution >= 0.6 is 0 Å². The molecule has 1 saturated carbocycles. The van der Waals surface area contributed by atoms with Crippen molar-refractivity contribution in [1.82, 2.24) is 4.90 Å². The van der Waals surface area contributed by atoms with E-state index >= 15 is 0 Å². The molecule has 0 radical (unpaired) electrons. The molecule has 0 aromatic carbocycles. The normalized spacial score (nSPS) is 18.0. The monoisotopic (exact) mass is 221 g/mol. The molecule has 1 aliphatic carbocycles. The Labute approximate surface area is 101 Å². The molecule has 0 bridgehead atoms. The van der Waals surface area contributed by atoms with Gasteiger partial charge in [-0.15, -0.1) is 5.73 Å². The first-order valence-electron chi connectivity index (χ1n) is 6.56. The van der Waals surface area contributed by atoms with Crippen molar-refractivity contribution in [2.24, 2.45) is 5.41 Å². The Balaban J connectivity index is 2.62. The molecule has 1 nitrogen and oxygen atoms in total. The Bertz CT molecular complexity index is 260. The average Bonchev–Trinajstić information content (AvgIpc) is 2.25. The predicted octanol–water partition coefficient (Wildman–Crippen LogP) is 4.36. The molecule has 16 heavy (non-hydrogen) atoms. The summed E-state index contributed by atoms with van der Waals surface area (Å²) in [6, 6.07) is 0.723. The van der Waals surface area contributed by atoms with Crippen LogP contribution < -0.4 is 0 Å². The highest BCUT2D eigenvalue weighted by atomic mass is 15.1. The molecule has 0 N–H and O–H groups in total. The van der Waals surface area contributed by atoms with E-state index in [0.29, 0.717) is 5.41 Å². The third kappa shape index (κ3) is 4.06. The summed E-state index contributed by atoms with van der Waals surface area (Å²) in [5.41, 5.74) is 4.76. The molecule has 0 atom stereocenters. The predicted molar refractivity (Wildman–Crippen MR) is 71.4 cm³/mol. The molecule has 0 heterocycles. The average molecular weight is 221 g/mol. The van der Waals surface area contributed by atoms with Gasteiger partial charge in [-0.2, -0.15) is 0 Å². The first-order valence-corrected chi connectivity index (χ1v) is 6.56. The zero-order valence-corrected chi connectivity index (χ0v) is 11.5. The lowest BCUT2D eigenvalue weighted by Gasteiger charge is -2.35. The summed E-state index contributed by atoms with van der Waals surface area (Å²) in [7, 11) is 2.22. The van der Waals surface area contributed by atoms with Crippen molar-refractivity contribution in [3.05, 3.63) is 18.0 Å². The van der Waals surface area contributed by atoms with E-state index in [-0.39, 0.29) is 0 Å². The van der Waals surface area contributed by atoms with Gasteiger partial charge in [-0.25, -0.2) is 0 Å². The van der Waals surface area contributed by atoms with Crippen molar-refractivity contribution in [1.29, 1.82) is 0 Å². The molecule has 0 saturated heterocycles. The van der Waals surface area contributed by atoms with E-state index in [4.69, 9.17) is 0 Å². The molecule has 0 amide bonds. The van der Waals surface area contributed by atoms with E-state index in [9.17, 15) is 0 Å². The van der Waals surface area contributed by atoms with Crippen molar-refractivity contribution < 1.29 is 0 Å². The third-order valence-electron chi connectivity index (χ3n) is 3.45. The zero-order chi connectivity index (χ0) is 12.2. The lowest BCUT2D eigenvalue weighted by Crippen LogP contribution is -2.33. The summed E-state index contributed by atoms with van der Waals surface area (Å²) >= 11 is 0. The maximum Gasteiger partial charge on any atom is 0.0563 e. The van der Waals surface area contributed by atoms with E-state index in [1.807, 2.05) is 0 Å². The fourth-order valence-electron chi connectivity index (χ4n) is 2.50. The van der Waals surface area contributed by atoms with Crippen LogP contribution in [0.15, 0.2) is 18.0 Å². The van der Waals surface area contributed by atoms with Gasteiger partial charge in [0.2, 0.25) is 0 Å². The van der Waals surface area contributed by atoms with E-state index in [1.54, 1.807) is 0 Å². The summed E-state index contributed by atoms with van der Waals surface area (Å²) in [5, 5.41) is 0. The molecule has 1 heteroatoms. The molecular formula is C15H27N. The standard InChI is InChI=1S/C15H27N/c1-6-13(12-15(2,3)4)16(5)14-10-8-7-9-11-14/h14H,1,7-12H2,2-5H3. The highest BCUT2D eigenvalue weighted by molar-refractivity contribution is 5.02. The number of hydrogen-bond acceptors (Lipinski definition) is 1. The maximum atomic E-state index is 3.86. The van der Waals surface area contributed by atoms with Crippen LogP contribution in [-0.4, -0.2) is 18.0 Å². The quantitative estimate of drug-likeness (QED) is 0.640. The summed E-state index contributed by atoms with van der Waals surface area (Å²) in [6.45, 7) is 10.7. The summed E-state index contributed by atoms with van der Waals surface area (Å²) in [4.78, 5) is 2.43. The Morgan fingerprint density at radius 2 is 1.81 bits per heavy atom. The number of hydrogen-bond donors (Lipinski definition) is 0. The fourth-order valence-corrected chi connectivity index (χ4v) is 2.50. The SMILES string of the molecule is C=C=C(CC(C)(C)C)N(C)C1CCCCC1. The molecule has 1 rings (SSSR count). The van der Waals surface area contributed by atoms with Gasteiger partial charge in [0.25, 0.3) is 0 Å². The van der Waals surface area contributed by atoms with Crippen molar-refractivity contribution in [3.63, 3.8) is 0 Å². The van der Waals surface area contributed by atoms with Gasteiger partial charge in [-0.05, 0) is 24.7 Å². The Hall–Kier alpha value is -0.680. The Morgan fingerprint density at radius 3 is 2.25 bits per heavy atom. The number of rotatable bonds is 3. The highest BCUT2D eigenvalue weighted by Crippen LogP contribution is 2.29. The fraction of sp³-hybridized carbons (Fsp3) is 0.800. The molecule has 0 spiro atoms. The minimum atomic E-state index is 0.322. The van der Waals surface area contributed by atoms with E-state index < -0.39 is 0 Å². The molecule has 0 aromatic heterocycles. The van der Waals surface area contributed by atoms with Gasteiger partial charge in [0.15, 0.2) is 0 Å².